The Kier molecular flexibility index (Phi) is 5.20. The van der Waals surface area contributed by atoms with Crippen LogP contribution in [0.2, 0.25) is 0 Å². The number of fused-ring (bicyclic) bond motifs is 1. The molecule has 3 aromatic carbocycles. The van der Waals surface area contributed by atoms with Crippen LogP contribution in [0.15, 0.2) is 77.8 Å². The first-order valence-corrected chi connectivity index (χ1v) is 9.28. The number of nitrogens with zero attached hydrogens (tertiary/aromatic N) is 1. The minimum Gasteiger partial charge on any atom is -0.493 e. The van der Waals surface area contributed by atoms with E-state index in [-0.39, 0.29) is 5.78 Å². The predicted molar refractivity (Wildman–Crippen MR) is 110 cm³/mol. The molecule has 4 rings (SSSR count). The van der Waals surface area contributed by atoms with Gasteiger partial charge < -0.3 is 9.47 Å². The Bertz CT molecular complexity index is 1010. The zero-order chi connectivity index (χ0) is 19.3. The van der Waals surface area contributed by atoms with Crippen LogP contribution < -0.4 is 9.47 Å². The fourth-order valence-electron chi connectivity index (χ4n) is 3.33. The summed E-state index contributed by atoms with van der Waals surface area (Å²) in [6, 6.07) is 23.1. The third-order valence-electron chi connectivity index (χ3n) is 4.78. The number of aliphatic imine (C=N–C) groups is 1. The molecule has 0 radical (unpaired) electrons. The summed E-state index contributed by atoms with van der Waals surface area (Å²) in [6.07, 6.45) is 0.770. The van der Waals surface area contributed by atoms with E-state index in [1.54, 1.807) is 7.11 Å². The van der Waals surface area contributed by atoms with E-state index in [0.717, 1.165) is 23.1 Å². The summed E-state index contributed by atoms with van der Waals surface area (Å²) in [5.41, 5.74) is 4.09. The average molecular weight is 371 g/mol. The summed E-state index contributed by atoms with van der Waals surface area (Å²) >= 11 is 0. The molecule has 0 aliphatic carbocycles. The number of Topliss-reactive ketones (excluding diaryl/α,β-unsaturated/α-hetero) is 1. The number of benzene rings is 3. The van der Waals surface area contributed by atoms with Gasteiger partial charge in [-0.15, -0.1) is 0 Å². The maximum Gasteiger partial charge on any atom is 0.211 e. The molecule has 1 aliphatic rings. The number of rotatable bonds is 6. The van der Waals surface area contributed by atoms with Crippen LogP contribution in [0.3, 0.4) is 0 Å². The third kappa shape index (κ3) is 3.67. The second-order valence-corrected chi connectivity index (χ2v) is 6.61. The maximum atomic E-state index is 13.0. The second kappa shape index (κ2) is 8.09. The Hall–Kier alpha value is -3.40. The van der Waals surface area contributed by atoms with Crippen LogP contribution >= 0.6 is 0 Å². The first kappa shape index (κ1) is 18.0. The van der Waals surface area contributed by atoms with E-state index in [2.05, 4.69) is 4.99 Å². The minimum atomic E-state index is -0.0680. The number of carbonyl (C=O) groups excluding carboxylic acids is 1. The first-order valence-electron chi connectivity index (χ1n) is 9.28. The van der Waals surface area contributed by atoms with Gasteiger partial charge in [-0.25, -0.2) is 0 Å². The molecular formula is C24H21NO3. The molecular weight excluding hydrogens is 350 g/mol. The van der Waals surface area contributed by atoms with Crippen molar-refractivity contribution in [3.8, 4) is 11.5 Å². The molecule has 28 heavy (non-hydrogen) atoms. The fourth-order valence-corrected chi connectivity index (χ4v) is 3.33. The van der Waals surface area contributed by atoms with Crippen molar-refractivity contribution in [3.63, 3.8) is 0 Å². The molecule has 0 atom stereocenters. The molecule has 0 spiro atoms. The van der Waals surface area contributed by atoms with Gasteiger partial charge in [0.05, 0.1) is 7.11 Å². The van der Waals surface area contributed by atoms with Gasteiger partial charge in [-0.2, -0.15) is 0 Å². The van der Waals surface area contributed by atoms with Crippen LogP contribution in [0.4, 0.5) is 0 Å². The highest BCUT2D eigenvalue weighted by Gasteiger charge is 2.24. The Labute approximate surface area is 164 Å². The summed E-state index contributed by atoms with van der Waals surface area (Å²) in [5.74, 6) is 1.21. The van der Waals surface area contributed by atoms with E-state index < -0.39 is 0 Å². The van der Waals surface area contributed by atoms with E-state index in [0.29, 0.717) is 35.9 Å². The van der Waals surface area contributed by atoms with Gasteiger partial charge in [0.1, 0.15) is 12.3 Å². The lowest BCUT2D eigenvalue weighted by Gasteiger charge is -2.20. The van der Waals surface area contributed by atoms with Crippen LogP contribution in [-0.4, -0.2) is 25.1 Å². The molecule has 0 fully saturated rings. The summed E-state index contributed by atoms with van der Waals surface area (Å²) in [4.78, 5) is 17.5. The first-order chi connectivity index (χ1) is 13.8. The summed E-state index contributed by atoms with van der Waals surface area (Å²) < 4.78 is 11.6. The number of ether oxygens (including phenoxy) is 2. The van der Waals surface area contributed by atoms with Crippen LogP contribution in [-0.2, 0) is 13.0 Å². The predicted octanol–water partition coefficient (Wildman–Crippen LogP) is 4.50. The van der Waals surface area contributed by atoms with Crippen LogP contribution in [0.1, 0.15) is 27.0 Å². The van der Waals surface area contributed by atoms with Crippen molar-refractivity contribution < 1.29 is 14.3 Å². The third-order valence-corrected chi connectivity index (χ3v) is 4.78. The molecule has 4 nitrogen and oxygen atoms in total. The number of hydrogen-bond donors (Lipinski definition) is 0. The van der Waals surface area contributed by atoms with E-state index in [1.807, 2.05) is 72.8 Å². The topological polar surface area (TPSA) is 47.9 Å². The Morgan fingerprint density at radius 1 is 0.964 bits per heavy atom. The van der Waals surface area contributed by atoms with E-state index >= 15 is 0 Å². The Morgan fingerprint density at radius 3 is 2.39 bits per heavy atom. The highest BCUT2D eigenvalue weighted by molar-refractivity contribution is 6.51. The quantitative estimate of drug-likeness (QED) is 0.599. The molecule has 0 N–H and O–H groups in total. The Balaban J connectivity index is 1.64. The van der Waals surface area contributed by atoms with Gasteiger partial charge in [0.25, 0.3) is 0 Å². The van der Waals surface area contributed by atoms with Gasteiger partial charge in [0.2, 0.25) is 5.78 Å². The molecule has 0 bridgehead atoms. The molecule has 3 aromatic rings. The number of ketones is 1. The van der Waals surface area contributed by atoms with Crippen molar-refractivity contribution in [1.82, 2.24) is 0 Å². The van der Waals surface area contributed by atoms with Crippen molar-refractivity contribution in [3.05, 3.63) is 95.1 Å². The SMILES string of the molecule is COc1cc2c(cc1OCc1ccccc1)CCN=C2C(=O)c1ccccc1. The van der Waals surface area contributed by atoms with Crippen molar-refractivity contribution in [2.45, 2.75) is 13.0 Å². The zero-order valence-corrected chi connectivity index (χ0v) is 15.7. The summed E-state index contributed by atoms with van der Waals surface area (Å²) in [6.45, 7) is 1.05. The lowest BCUT2D eigenvalue weighted by Crippen LogP contribution is -2.22. The average Bonchev–Trinajstić information content (AvgIpc) is 2.77. The number of carbonyl (C=O) groups is 1. The molecule has 4 heteroatoms. The van der Waals surface area contributed by atoms with Gasteiger partial charge >= 0.3 is 0 Å². The van der Waals surface area contributed by atoms with Gasteiger partial charge in [-0.1, -0.05) is 60.7 Å². The van der Waals surface area contributed by atoms with Crippen molar-refractivity contribution in [2.24, 2.45) is 4.99 Å². The van der Waals surface area contributed by atoms with Crippen LogP contribution in [0.25, 0.3) is 0 Å². The highest BCUT2D eigenvalue weighted by Crippen LogP contribution is 2.34. The lowest BCUT2D eigenvalue weighted by atomic mass is 9.92. The van der Waals surface area contributed by atoms with Gasteiger partial charge in [0, 0.05) is 17.7 Å². The van der Waals surface area contributed by atoms with Gasteiger partial charge in [-0.05, 0) is 29.7 Å². The standard InChI is InChI=1S/C24H21NO3/c1-27-21-15-20-19(14-22(21)28-16-17-8-4-2-5-9-17)12-13-25-23(20)24(26)18-10-6-3-7-11-18/h2-11,14-15H,12-13,16H2,1H3. The van der Waals surface area contributed by atoms with Gasteiger partial charge in [0.15, 0.2) is 11.5 Å². The van der Waals surface area contributed by atoms with Crippen LogP contribution in [0, 0.1) is 0 Å². The number of methoxy groups -OCH3 is 1. The molecule has 0 saturated heterocycles. The van der Waals surface area contributed by atoms with Crippen LogP contribution in [0.5, 0.6) is 11.5 Å². The molecule has 0 unspecified atom stereocenters. The van der Waals surface area contributed by atoms with Crippen molar-refractivity contribution in [1.29, 1.82) is 0 Å². The fraction of sp³-hybridized carbons (Fsp3) is 0.167. The highest BCUT2D eigenvalue weighted by atomic mass is 16.5. The van der Waals surface area contributed by atoms with Crippen molar-refractivity contribution >= 4 is 11.5 Å². The van der Waals surface area contributed by atoms with E-state index in [1.165, 1.54) is 0 Å². The van der Waals surface area contributed by atoms with E-state index in [4.69, 9.17) is 9.47 Å². The maximum absolute atomic E-state index is 13.0. The Morgan fingerprint density at radius 2 is 1.68 bits per heavy atom. The molecule has 0 saturated carbocycles. The summed E-state index contributed by atoms with van der Waals surface area (Å²) in [7, 11) is 1.61. The lowest BCUT2D eigenvalue weighted by molar-refractivity contribution is 0.106. The largest absolute Gasteiger partial charge is 0.493 e. The second-order valence-electron chi connectivity index (χ2n) is 6.61. The molecule has 1 heterocycles. The molecule has 0 aromatic heterocycles. The monoisotopic (exact) mass is 371 g/mol. The zero-order valence-electron chi connectivity index (χ0n) is 15.7. The summed E-state index contributed by atoms with van der Waals surface area (Å²) in [5, 5.41) is 0. The number of hydrogen-bond acceptors (Lipinski definition) is 4. The van der Waals surface area contributed by atoms with E-state index in [9.17, 15) is 4.79 Å². The molecule has 1 aliphatic heterocycles. The minimum absolute atomic E-state index is 0.0680. The normalized spacial score (nSPS) is 12.7. The molecule has 140 valence electrons. The molecule has 0 amide bonds. The smallest absolute Gasteiger partial charge is 0.211 e. The van der Waals surface area contributed by atoms with Gasteiger partial charge in [-0.3, -0.25) is 9.79 Å². The van der Waals surface area contributed by atoms with Crippen molar-refractivity contribution in [2.75, 3.05) is 13.7 Å².